The summed E-state index contributed by atoms with van der Waals surface area (Å²) in [6.07, 6.45) is 2.16. The first-order chi connectivity index (χ1) is 9.44. The Bertz CT molecular complexity index is 617. The zero-order valence-corrected chi connectivity index (χ0v) is 13.7. The molecule has 1 amide bonds. The molecule has 1 aliphatic heterocycles. The van der Waals surface area contributed by atoms with E-state index in [0.29, 0.717) is 18.7 Å². The number of sulfone groups is 1. The van der Waals surface area contributed by atoms with Gasteiger partial charge in [0.25, 0.3) is 0 Å². The number of rotatable bonds is 4. The van der Waals surface area contributed by atoms with Crippen LogP contribution in [0.15, 0.2) is 18.2 Å². The number of carbonyl (C=O) groups is 1. The van der Waals surface area contributed by atoms with Gasteiger partial charge >= 0.3 is 0 Å². The van der Waals surface area contributed by atoms with E-state index in [1.54, 1.807) is 24.0 Å². The van der Waals surface area contributed by atoms with Crippen molar-refractivity contribution in [2.75, 3.05) is 28.7 Å². The van der Waals surface area contributed by atoms with Crippen LogP contribution in [-0.4, -0.2) is 32.4 Å². The molecule has 5 nitrogen and oxygen atoms in total. The Kier molecular flexibility index (Phi) is 6.04. The zero-order chi connectivity index (χ0) is 14.8. The van der Waals surface area contributed by atoms with Gasteiger partial charge in [0, 0.05) is 17.9 Å². The third kappa shape index (κ3) is 4.11. The number of amides is 1. The van der Waals surface area contributed by atoms with Gasteiger partial charge in [0.05, 0.1) is 5.75 Å². The molecule has 1 aliphatic rings. The van der Waals surface area contributed by atoms with Gasteiger partial charge in [-0.1, -0.05) is 13.0 Å². The van der Waals surface area contributed by atoms with Gasteiger partial charge in [-0.05, 0) is 37.0 Å². The maximum absolute atomic E-state index is 12.3. The molecule has 0 aliphatic carbocycles. The molecule has 0 saturated carbocycles. The fraction of sp³-hybridized carbons (Fsp3) is 0.500. The Labute approximate surface area is 131 Å². The minimum atomic E-state index is -3.32. The maximum Gasteiger partial charge on any atom is 0.242 e. The van der Waals surface area contributed by atoms with Crippen molar-refractivity contribution in [1.29, 1.82) is 0 Å². The van der Waals surface area contributed by atoms with E-state index in [-0.39, 0.29) is 24.1 Å². The van der Waals surface area contributed by atoms with Crippen molar-refractivity contribution in [2.24, 2.45) is 0 Å². The van der Waals surface area contributed by atoms with Gasteiger partial charge in [0.1, 0.15) is 5.75 Å². The van der Waals surface area contributed by atoms with E-state index in [0.717, 1.165) is 24.1 Å². The monoisotopic (exact) mass is 332 g/mol. The van der Waals surface area contributed by atoms with Crippen LogP contribution in [0.1, 0.15) is 25.3 Å². The van der Waals surface area contributed by atoms with Crippen LogP contribution in [0.2, 0.25) is 0 Å². The van der Waals surface area contributed by atoms with Crippen molar-refractivity contribution < 1.29 is 13.2 Å². The fourth-order valence-corrected chi connectivity index (χ4v) is 3.86. The first-order valence-corrected chi connectivity index (χ1v) is 8.65. The van der Waals surface area contributed by atoms with Gasteiger partial charge in [-0.3, -0.25) is 4.79 Å². The third-order valence-electron chi connectivity index (χ3n) is 3.45. The normalized spacial score (nSPS) is 14.2. The van der Waals surface area contributed by atoms with Crippen LogP contribution in [0, 0.1) is 0 Å². The second kappa shape index (κ2) is 7.13. The summed E-state index contributed by atoms with van der Waals surface area (Å²) in [6, 6.07) is 5.43. The molecule has 0 fully saturated rings. The molecule has 0 spiro atoms. The molecule has 0 unspecified atom stereocenters. The number of nitrogens with two attached hydrogens (primary N) is 1. The highest BCUT2D eigenvalue weighted by Gasteiger charge is 2.26. The van der Waals surface area contributed by atoms with Crippen molar-refractivity contribution >= 4 is 39.5 Å². The molecule has 0 radical (unpaired) electrons. The highest BCUT2D eigenvalue weighted by Crippen LogP contribution is 2.31. The minimum Gasteiger partial charge on any atom is -0.398 e. The molecule has 0 saturated heterocycles. The second-order valence-electron chi connectivity index (χ2n) is 5.09. The van der Waals surface area contributed by atoms with E-state index >= 15 is 0 Å². The predicted octanol–water partition coefficient (Wildman–Crippen LogP) is 1.79. The number of nitrogens with zero attached hydrogens (tertiary/aromatic N) is 1. The summed E-state index contributed by atoms with van der Waals surface area (Å²) in [5, 5.41) is 0. The summed E-state index contributed by atoms with van der Waals surface area (Å²) in [5.74, 6) is -0.726. The highest BCUT2D eigenvalue weighted by molar-refractivity contribution is 7.92. The number of fused-ring (bicyclic) bond motifs is 1. The van der Waals surface area contributed by atoms with E-state index in [4.69, 9.17) is 5.73 Å². The predicted molar refractivity (Wildman–Crippen MR) is 87.7 cm³/mol. The molecule has 0 atom stereocenters. The number of hydrogen-bond donors (Lipinski definition) is 1. The van der Waals surface area contributed by atoms with Crippen LogP contribution in [-0.2, 0) is 21.1 Å². The first kappa shape index (κ1) is 17.8. The number of halogens is 1. The summed E-state index contributed by atoms with van der Waals surface area (Å²) in [6.45, 7) is 2.34. The number of carbonyl (C=O) groups excluding carboxylic acids is 1. The second-order valence-corrected chi connectivity index (χ2v) is 7.27. The van der Waals surface area contributed by atoms with Crippen LogP contribution in [0.25, 0.3) is 0 Å². The van der Waals surface area contributed by atoms with Crippen LogP contribution in [0.5, 0.6) is 0 Å². The topological polar surface area (TPSA) is 80.5 Å². The molecule has 118 valence electrons. The molecule has 21 heavy (non-hydrogen) atoms. The Morgan fingerprint density at radius 2 is 2.10 bits per heavy atom. The molecule has 2 N–H and O–H groups in total. The molecule has 1 aromatic rings. The van der Waals surface area contributed by atoms with Gasteiger partial charge in [0.15, 0.2) is 9.84 Å². The molecular formula is C14H21ClN2O3S. The van der Waals surface area contributed by atoms with Crippen molar-refractivity contribution in [3.05, 3.63) is 23.8 Å². The summed E-state index contributed by atoms with van der Waals surface area (Å²) < 4.78 is 23.6. The van der Waals surface area contributed by atoms with Gasteiger partial charge in [-0.25, -0.2) is 8.42 Å². The maximum atomic E-state index is 12.3. The smallest absolute Gasteiger partial charge is 0.242 e. The fourth-order valence-electron chi connectivity index (χ4n) is 2.56. The SMILES string of the molecule is CCCS(=O)(=O)CC(=O)N1CCCc2c(N)cccc21.Cl. The number of hydrogen-bond acceptors (Lipinski definition) is 4. The van der Waals surface area contributed by atoms with Crippen LogP contribution >= 0.6 is 12.4 Å². The number of benzene rings is 1. The van der Waals surface area contributed by atoms with Crippen LogP contribution in [0.4, 0.5) is 11.4 Å². The largest absolute Gasteiger partial charge is 0.398 e. The molecule has 2 rings (SSSR count). The molecule has 1 heterocycles. The van der Waals surface area contributed by atoms with Gasteiger partial charge in [-0.15, -0.1) is 12.4 Å². The van der Waals surface area contributed by atoms with Crippen molar-refractivity contribution in [2.45, 2.75) is 26.2 Å². The average Bonchev–Trinajstić information content (AvgIpc) is 2.38. The Hall–Kier alpha value is -1.27. The molecule has 1 aromatic carbocycles. The lowest BCUT2D eigenvalue weighted by atomic mass is 10.00. The summed E-state index contributed by atoms with van der Waals surface area (Å²) in [7, 11) is -3.32. The molecule has 0 bridgehead atoms. The lowest BCUT2D eigenvalue weighted by Gasteiger charge is -2.30. The summed E-state index contributed by atoms with van der Waals surface area (Å²) in [5.41, 5.74) is 8.29. The number of nitrogen functional groups attached to an aromatic ring is 1. The third-order valence-corrected chi connectivity index (χ3v) is 5.16. The molecular weight excluding hydrogens is 312 g/mol. The van der Waals surface area contributed by atoms with E-state index < -0.39 is 15.6 Å². The number of anilines is 2. The Morgan fingerprint density at radius 1 is 1.38 bits per heavy atom. The van der Waals surface area contributed by atoms with E-state index in [9.17, 15) is 13.2 Å². The van der Waals surface area contributed by atoms with E-state index in [1.807, 2.05) is 6.07 Å². The Balaban J connectivity index is 0.00000220. The van der Waals surface area contributed by atoms with Crippen LogP contribution < -0.4 is 10.6 Å². The van der Waals surface area contributed by atoms with Crippen molar-refractivity contribution in [3.8, 4) is 0 Å². The van der Waals surface area contributed by atoms with Crippen molar-refractivity contribution in [3.63, 3.8) is 0 Å². The highest BCUT2D eigenvalue weighted by atomic mass is 35.5. The summed E-state index contributed by atoms with van der Waals surface area (Å²) >= 11 is 0. The van der Waals surface area contributed by atoms with Gasteiger partial charge in [-0.2, -0.15) is 0 Å². The van der Waals surface area contributed by atoms with Gasteiger partial charge in [0.2, 0.25) is 5.91 Å². The Morgan fingerprint density at radius 3 is 2.76 bits per heavy atom. The van der Waals surface area contributed by atoms with Gasteiger partial charge < -0.3 is 10.6 Å². The molecule has 7 heteroatoms. The quantitative estimate of drug-likeness (QED) is 0.852. The average molecular weight is 333 g/mol. The van der Waals surface area contributed by atoms with E-state index in [1.165, 1.54) is 0 Å². The lowest BCUT2D eigenvalue weighted by Crippen LogP contribution is -2.39. The van der Waals surface area contributed by atoms with E-state index in [2.05, 4.69) is 0 Å². The van der Waals surface area contributed by atoms with Crippen molar-refractivity contribution in [1.82, 2.24) is 0 Å². The first-order valence-electron chi connectivity index (χ1n) is 6.83. The summed E-state index contributed by atoms with van der Waals surface area (Å²) in [4.78, 5) is 13.8. The minimum absolute atomic E-state index is 0. The van der Waals surface area contributed by atoms with Crippen LogP contribution in [0.3, 0.4) is 0 Å². The lowest BCUT2D eigenvalue weighted by molar-refractivity contribution is -0.116. The standard InChI is InChI=1S/C14H20N2O3S.ClH/c1-2-9-20(18,19)10-14(17)16-8-4-5-11-12(15)6-3-7-13(11)16;/h3,6-7H,2,4-5,8-10,15H2,1H3;1H. The zero-order valence-electron chi connectivity index (χ0n) is 12.0. The molecule has 0 aromatic heterocycles.